The van der Waals surface area contributed by atoms with Gasteiger partial charge in [0.2, 0.25) is 0 Å². The summed E-state index contributed by atoms with van der Waals surface area (Å²) in [5.74, 6) is 0. The SMILES string of the molecule is OO[Si](O)(O)O.[Co]. The Morgan fingerprint density at radius 3 is 1.29 bits per heavy atom. The molecule has 0 bridgehead atoms. The van der Waals surface area contributed by atoms with E-state index >= 15 is 0 Å². The normalized spacial score (nSPS) is 10.3. The molecule has 7 heavy (non-hydrogen) atoms. The molecule has 7 heteroatoms. The second-order valence-electron chi connectivity index (χ2n) is 0.665. The molecule has 0 aromatic heterocycles. The fourth-order valence-corrected chi connectivity index (χ4v) is 0. The molecule has 0 saturated heterocycles. The molecule has 47 valence electrons. The van der Waals surface area contributed by atoms with Gasteiger partial charge in [-0.1, -0.05) is 0 Å². The van der Waals surface area contributed by atoms with Gasteiger partial charge in [0, 0.05) is 16.8 Å². The molecule has 0 spiro atoms. The van der Waals surface area contributed by atoms with Crippen LogP contribution in [0.5, 0.6) is 0 Å². The molecule has 0 aliphatic rings. The van der Waals surface area contributed by atoms with E-state index in [1.807, 2.05) is 0 Å². The minimum absolute atomic E-state index is 0. The largest absolute Gasteiger partial charge is 0.699 e. The summed E-state index contributed by atoms with van der Waals surface area (Å²) in [7, 11) is -4.58. The average Bonchev–Trinajstić information content (AvgIpc) is 1.35. The van der Waals surface area contributed by atoms with Crippen LogP contribution in [0.2, 0.25) is 0 Å². The number of hydrogen-bond acceptors (Lipinski definition) is 5. The molecular weight excluding hydrogens is 167 g/mol. The Balaban J connectivity index is 0. The Bertz CT molecular complexity index is 37.8. The van der Waals surface area contributed by atoms with Crippen molar-refractivity contribution in [1.82, 2.24) is 0 Å². The summed E-state index contributed by atoms with van der Waals surface area (Å²) in [6.07, 6.45) is 0. The second kappa shape index (κ2) is 3.52. The number of hydrogen-bond donors (Lipinski definition) is 4. The van der Waals surface area contributed by atoms with Crippen LogP contribution < -0.4 is 0 Å². The van der Waals surface area contributed by atoms with Crippen molar-refractivity contribution in [3.63, 3.8) is 0 Å². The van der Waals surface area contributed by atoms with Crippen molar-refractivity contribution in [3.8, 4) is 0 Å². The molecule has 0 aliphatic heterocycles. The molecule has 0 fully saturated rings. The zero-order chi connectivity index (χ0) is 5.21. The molecule has 0 aliphatic carbocycles. The third kappa shape index (κ3) is 10.8. The van der Waals surface area contributed by atoms with Crippen molar-refractivity contribution >= 4 is 9.05 Å². The predicted molar refractivity (Wildman–Crippen MR) is 16.1 cm³/mol. The topological polar surface area (TPSA) is 90.2 Å². The van der Waals surface area contributed by atoms with E-state index in [1.165, 1.54) is 0 Å². The zero-order valence-corrected chi connectivity index (χ0v) is 5.07. The molecular formula is H4CoO5Si. The second-order valence-corrected chi connectivity index (χ2v) is 2.00. The summed E-state index contributed by atoms with van der Waals surface area (Å²) in [6.45, 7) is 0. The average molecular weight is 171 g/mol. The Morgan fingerprint density at radius 1 is 1.14 bits per heavy atom. The van der Waals surface area contributed by atoms with Gasteiger partial charge in [0.15, 0.2) is 0 Å². The van der Waals surface area contributed by atoms with Crippen LogP contribution in [-0.2, 0) is 21.4 Å². The van der Waals surface area contributed by atoms with Gasteiger partial charge in [-0.25, -0.2) is 0 Å². The molecule has 4 N–H and O–H groups in total. The van der Waals surface area contributed by atoms with Crippen molar-refractivity contribution < 1.29 is 41.0 Å². The predicted octanol–water partition coefficient (Wildman–Crippen LogP) is -2.11. The van der Waals surface area contributed by atoms with E-state index < -0.39 is 9.05 Å². The van der Waals surface area contributed by atoms with Gasteiger partial charge in [0.25, 0.3) is 0 Å². The quantitative estimate of drug-likeness (QED) is 0.206. The van der Waals surface area contributed by atoms with E-state index in [0.29, 0.717) is 0 Å². The molecule has 0 atom stereocenters. The maximum Gasteiger partial charge on any atom is 0.699 e. The van der Waals surface area contributed by atoms with Crippen molar-refractivity contribution in [2.75, 3.05) is 0 Å². The molecule has 0 heterocycles. The minimum atomic E-state index is -4.58. The fourth-order valence-electron chi connectivity index (χ4n) is 0. The summed E-state index contributed by atoms with van der Waals surface area (Å²) in [5, 5.41) is 7.21. The molecule has 0 aromatic carbocycles. The Kier molecular flexibility index (Phi) is 5.27. The molecule has 0 amide bonds. The van der Waals surface area contributed by atoms with Crippen LogP contribution >= 0.6 is 0 Å². The van der Waals surface area contributed by atoms with E-state index in [-0.39, 0.29) is 16.8 Å². The van der Waals surface area contributed by atoms with Gasteiger partial charge in [-0.05, 0) is 0 Å². The summed E-state index contributed by atoms with van der Waals surface area (Å²) in [4.78, 5) is 22.8. The monoisotopic (exact) mass is 171 g/mol. The minimum Gasteiger partial charge on any atom is -0.366 e. The van der Waals surface area contributed by atoms with Crippen LogP contribution in [0.1, 0.15) is 0 Å². The molecule has 0 saturated carbocycles. The van der Waals surface area contributed by atoms with Crippen LogP contribution in [0.15, 0.2) is 0 Å². The van der Waals surface area contributed by atoms with Crippen molar-refractivity contribution in [2.24, 2.45) is 0 Å². The van der Waals surface area contributed by atoms with Crippen molar-refractivity contribution in [3.05, 3.63) is 0 Å². The summed E-state index contributed by atoms with van der Waals surface area (Å²) < 4.78 is 2.74. The number of rotatable bonds is 1. The van der Waals surface area contributed by atoms with Gasteiger partial charge < -0.3 is 14.4 Å². The molecule has 0 unspecified atom stereocenters. The van der Waals surface area contributed by atoms with Crippen LogP contribution in [0.3, 0.4) is 0 Å². The van der Waals surface area contributed by atoms with Crippen LogP contribution in [0.4, 0.5) is 0 Å². The maximum atomic E-state index is 7.60. The smallest absolute Gasteiger partial charge is 0.366 e. The van der Waals surface area contributed by atoms with Gasteiger partial charge in [-0.2, -0.15) is 4.58 Å². The van der Waals surface area contributed by atoms with Crippen molar-refractivity contribution in [1.29, 1.82) is 0 Å². The van der Waals surface area contributed by atoms with Gasteiger partial charge >= 0.3 is 9.05 Å². The van der Waals surface area contributed by atoms with E-state index in [2.05, 4.69) is 4.58 Å². The van der Waals surface area contributed by atoms with Crippen LogP contribution in [0, 0.1) is 0 Å². The third-order valence-corrected chi connectivity index (χ3v) is 0.367. The first kappa shape index (κ1) is 10.5. The van der Waals surface area contributed by atoms with Gasteiger partial charge in [-0.15, -0.1) is 0 Å². The third-order valence-electron chi connectivity index (χ3n) is 0.122. The van der Waals surface area contributed by atoms with Gasteiger partial charge in [-0.3, -0.25) is 5.26 Å². The molecule has 1 radical (unpaired) electrons. The summed E-state index contributed by atoms with van der Waals surface area (Å²) in [6, 6.07) is 0. The summed E-state index contributed by atoms with van der Waals surface area (Å²) >= 11 is 0. The zero-order valence-electron chi connectivity index (χ0n) is 3.03. The van der Waals surface area contributed by atoms with Gasteiger partial charge in [0.05, 0.1) is 0 Å². The van der Waals surface area contributed by atoms with Crippen LogP contribution in [0.25, 0.3) is 0 Å². The Hall–Kier alpha value is 0.523. The van der Waals surface area contributed by atoms with E-state index in [4.69, 9.17) is 19.6 Å². The van der Waals surface area contributed by atoms with E-state index in [9.17, 15) is 0 Å². The van der Waals surface area contributed by atoms with Gasteiger partial charge in [0.1, 0.15) is 0 Å². The first-order valence-corrected chi connectivity index (χ1v) is 2.81. The molecule has 0 rings (SSSR count). The fraction of sp³-hybridized carbons (Fsp3) is 0. The van der Waals surface area contributed by atoms with E-state index in [0.717, 1.165) is 0 Å². The van der Waals surface area contributed by atoms with Crippen LogP contribution in [-0.4, -0.2) is 28.7 Å². The standard InChI is InChI=1S/Co.H4O5Si/c;1-5-6(2,3)4/h;1-4H. The molecule has 0 aromatic rings. The first-order chi connectivity index (χ1) is 2.56. The van der Waals surface area contributed by atoms with Crippen molar-refractivity contribution in [2.45, 2.75) is 0 Å². The Morgan fingerprint density at radius 2 is 1.29 bits per heavy atom. The maximum absolute atomic E-state index is 7.60. The Labute approximate surface area is 50.8 Å². The first-order valence-electron chi connectivity index (χ1n) is 1.06. The van der Waals surface area contributed by atoms with E-state index in [1.54, 1.807) is 0 Å². The summed E-state index contributed by atoms with van der Waals surface area (Å²) in [5.41, 5.74) is 0. The molecule has 5 nitrogen and oxygen atoms in total.